The number of rotatable bonds is 3. The molecule has 1 aliphatic rings. The highest BCUT2D eigenvalue weighted by Crippen LogP contribution is 2.14. The van der Waals surface area contributed by atoms with Crippen LogP contribution in [0.4, 0.5) is 0 Å². The Morgan fingerprint density at radius 2 is 2.12 bits per heavy atom. The lowest BCUT2D eigenvalue weighted by molar-refractivity contribution is -0.144. The van der Waals surface area contributed by atoms with E-state index in [0.717, 1.165) is 6.42 Å². The number of ether oxygens (including phenoxy) is 1. The van der Waals surface area contributed by atoms with Gasteiger partial charge in [-0.05, 0) is 26.2 Å². The maximum atomic E-state index is 12.1. The molecule has 0 radical (unpaired) electrons. The molecule has 1 rings (SSSR count). The standard InChI is InChI=1S/C12H24N2O2/c1-8(2)5-11(13)12(15)14-6-10(4)16-7-9(14)3/h8-11H,5-7,13H2,1-4H3/t9?,10?,11-/m1/s1. The molecule has 1 heterocycles. The van der Waals surface area contributed by atoms with Crippen LogP contribution in [-0.2, 0) is 9.53 Å². The van der Waals surface area contributed by atoms with Gasteiger partial charge in [-0.15, -0.1) is 0 Å². The summed E-state index contributed by atoms with van der Waals surface area (Å²) in [6.07, 6.45) is 0.864. The topological polar surface area (TPSA) is 55.6 Å². The molecule has 0 aromatic heterocycles. The van der Waals surface area contributed by atoms with Crippen LogP contribution in [0.3, 0.4) is 0 Å². The molecule has 0 aromatic rings. The molecule has 0 bridgehead atoms. The molecule has 3 atom stereocenters. The zero-order valence-electron chi connectivity index (χ0n) is 10.8. The van der Waals surface area contributed by atoms with E-state index in [2.05, 4.69) is 13.8 Å². The van der Waals surface area contributed by atoms with Crippen LogP contribution in [0.1, 0.15) is 34.1 Å². The van der Waals surface area contributed by atoms with Gasteiger partial charge in [-0.25, -0.2) is 0 Å². The predicted molar refractivity (Wildman–Crippen MR) is 64.0 cm³/mol. The second-order valence-corrected chi connectivity index (χ2v) is 5.22. The number of morpholine rings is 1. The third-order valence-corrected chi connectivity index (χ3v) is 2.93. The van der Waals surface area contributed by atoms with Crippen LogP contribution in [0.2, 0.25) is 0 Å². The van der Waals surface area contributed by atoms with Gasteiger partial charge < -0.3 is 15.4 Å². The minimum atomic E-state index is -0.368. The summed E-state index contributed by atoms with van der Waals surface area (Å²) < 4.78 is 5.50. The molecule has 1 fully saturated rings. The van der Waals surface area contributed by atoms with Gasteiger partial charge in [0.2, 0.25) is 5.91 Å². The van der Waals surface area contributed by atoms with Gasteiger partial charge in [0, 0.05) is 6.54 Å². The average molecular weight is 228 g/mol. The maximum Gasteiger partial charge on any atom is 0.239 e. The number of carbonyl (C=O) groups is 1. The van der Waals surface area contributed by atoms with E-state index in [1.807, 2.05) is 18.7 Å². The summed E-state index contributed by atoms with van der Waals surface area (Å²) in [6.45, 7) is 9.43. The zero-order chi connectivity index (χ0) is 12.3. The Hall–Kier alpha value is -0.610. The van der Waals surface area contributed by atoms with E-state index in [1.165, 1.54) is 0 Å². The predicted octanol–water partition coefficient (Wildman–Crippen LogP) is 0.996. The minimum absolute atomic E-state index is 0.0661. The summed E-state index contributed by atoms with van der Waals surface area (Å²) >= 11 is 0. The lowest BCUT2D eigenvalue weighted by atomic mass is 10.0. The van der Waals surface area contributed by atoms with Crippen molar-refractivity contribution in [1.82, 2.24) is 4.90 Å². The van der Waals surface area contributed by atoms with Crippen LogP contribution < -0.4 is 5.73 Å². The van der Waals surface area contributed by atoms with Crippen molar-refractivity contribution in [2.75, 3.05) is 13.2 Å². The number of hydrogen-bond acceptors (Lipinski definition) is 3. The molecular formula is C12H24N2O2. The van der Waals surface area contributed by atoms with Gasteiger partial charge in [0.1, 0.15) is 0 Å². The van der Waals surface area contributed by atoms with E-state index in [-0.39, 0.29) is 24.1 Å². The number of hydrogen-bond donors (Lipinski definition) is 1. The Morgan fingerprint density at radius 3 is 2.69 bits per heavy atom. The van der Waals surface area contributed by atoms with Gasteiger partial charge in [-0.1, -0.05) is 13.8 Å². The van der Waals surface area contributed by atoms with E-state index in [1.54, 1.807) is 0 Å². The lowest BCUT2D eigenvalue weighted by Gasteiger charge is -2.38. The molecule has 2 unspecified atom stereocenters. The fraction of sp³-hybridized carbons (Fsp3) is 0.917. The van der Waals surface area contributed by atoms with E-state index >= 15 is 0 Å². The second-order valence-electron chi connectivity index (χ2n) is 5.22. The molecule has 4 nitrogen and oxygen atoms in total. The first kappa shape index (κ1) is 13.5. The molecule has 16 heavy (non-hydrogen) atoms. The third kappa shape index (κ3) is 3.46. The van der Waals surface area contributed by atoms with Gasteiger partial charge in [0.15, 0.2) is 0 Å². The first-order valence-corrected chi connectivity index (χ1v) is 6.09. The lowest BCUT2D eigenvalue weighted by Crippen LogP contribution is -2.55. The summed E-state index contributed by atoms with van der Waals surface area (Å²) in [5, 5.41) is 0. The quantitative estimate of drug-likeness (QED) is 0.784. The molecule has 1 aliphatic heterocycles. The highest BCUT2D eigenvalue weighted by atomic mass is 16.5. The van der Waals surface area contributed by atoms with Gasteiger partial charge in [-0.2, -0.15) is 0 Å². The molecule has 2 N–H and O–H groups in total. The second kappa shape index (κ2) is 5.64. The van der Waals surface area contributed by atoms with Gasteiger partial charge >= 0.3 is 0 Å². The van der Waals surface area contributed by atoms with Crippen molar-refractivity contribution in [3.8, 4) is 0 Å². The number of carbonyl (C=O) groups excluding carboxylic acids is 1. The molecule has 4 heteroatoms. The molecule has 0 aromatic carbocycles. The van der Waals surface area contributed by atoms with Crippen LogP contribution in [0, 0.1) is 5.92 Å². The summed E-state index contributed by atoms with van der Waals surface area (Å²) in [4.78, 5) is 14.0. The molecule has 0 aliphatic carbocycles. The largest absolute Gasteiger partial charge is 0.375 e. The van der Waals surface area contributed by atoms with Crippen LogP contribution in [0.15, 0.2) is 0 Å². The van der Waals surface area contributed by atoms with Crippen molar-refractivity contribution in [2.24, 2.45) is 11.7 Å². The van der Waals surface area contributed by atoms with E-state index in [4.69, 9.17) is 10.5 Å². The van der Waals surface area contributed by atoms with Gasteiger partial charge in [-0.3, -0.25) is 4.79 Å². The third-order valence-electron chi connectivity index (χ3n) is 2.93. The van der Waals surface area contributed by atoms with Crippen molar-refractivity contribution >= 4 is 5.91 Å². The van der Waals surface area contributed by atoms with Crippen LogP contribution >= 0.6 is 0 Å². The Bertz CT molecular complexity index is 243. The zero-order valence-corrected chi connectivity index (χ0v) is 10.8. The van der Waals surface area contributed by atoms with Gasteiger partial charge in [0.05, 0.1) is 24.8 Å². The van der Waals surface area contributed by atoms with E-state index < -0.39 is 0 Å². The summed E-state index contributed by atoms with van der Waals surface area (Å²) in [6, 6.07) is -0.227. The summed E-state index contributed by atoms with van der Waals surface area (Å²) in [5.74, 6) is 0.518. The fourth-order valence-corrected chi connectivity index (χ4v) is 2.03. The van der Waals surface area contributed by atoms with Crippen LogP contribution in [0.5, 0.6) is 0 Å². The maximum absolute atomic E-state index is 12.1. The van der Waals surface area contributed by atoms with E-state index in [0.29, 0.717) is 19.1 Å². The van der Waals surface area contributed by atoms with Crippen molar-refractivity contribution in [3.05, 3.63) is 0 Å². The number of nitrogens with two attached hydrogens (primary N) is 1. The first-order chi connectivity index (χ1) is 7.41. The van der Waals surface area contributed by atoms with Crippen LogP contribution in [-0.4, -0.2) is 42.1 Å². The Balaban J connectivity index is 2.57. The molecular weight excluding hydrogens is 204 g/mol. The van der Waals surface area contributed by atoms with Crippen molar-refractivity contribution in [2.45, 2.75) is 52.3 Å². The normalized spacial score (nSPS) is 28.2. The molecule has 1 amide bonds. The Kier molecular flexibility index (Phi) is 4.74. The summed E-state index contributed by atoms with van der Waals surface area (Å²) in [5.41, 5.74) is 5.92. The Labute approximate surface area is 98.1 Å². The van der Waals surface area contributed by atoms with Crippen molar-refractivity contribution in [1.29, 1.82) is 0 Å². The average Bonchev–Trinajstić information content (AvgIpc) is 2.19. The van der Waals surface area contributed by atoms with Gasteiger partial charge in [0.25, 0.3) is 0 Å². The highest BCUT2D eigenvalue weighted by molar-refractivity contribution is 5.82. The first-order valence-electron chi connectivity index (χ1n) is 6.09. The number of nitrogens with zero attached hydrogens (tertiary/aromatic N) is 1. The molecule has 94 valence electrons. The molecule has 0 saturated carbocycles. The van der Waals surface area contributed by atoms with E-state index in [9.17, 15) is 4.79 Å². The van der Waals surface area contributed by atoms with Crippen molar-refractivity contribution in [3.63, 3.8) is 0 Å². The molecule has 1 saturated heterocycles. The fourth-order valence-electron chi connectivity index (χ4n) is 2.03. The Morgan fingerprint density at radius 1 is 1.50 bits per heavy atom. The smallest absolute Gasteiger partial charge is 0.239 e. The SMILES string of the molecule is CC(C)C[C@@H](N)C(=O)N1CC(C)OCC1C. The number of amides is 1. The minimum Gasteiger partial charge on any atom is -0.375 e. The van der Waals surface area contributed by atoms with Crippen LogP contribution in [0.25, 0.3) is 0 Å². The van der Waals surface area contributed by atoms with Crippen molar-refractivity contribution < 1.29 is 9.53 Å². The summed E-state index contributed by atoms with van der Waals surface area (Å²) in [7, 11) is 0. The monoisotopic (exact) mass is 228 g/mol. The highest BCUT2D eigenvalue weighted by Gasteiger charge is 2.30. The molecule has 0 spiro atoms.